The molecule has 2 saturated carbocycles. The molecule has 0 bridgehead atoms. The zero-order valence-corrected chi connectivity index (χ0v) is 41.2. The Morgan fingerprint density at radius 3 is 1.60 bits per heavy atom. The molecule has 356 valence electrons. The van der Waals surface area contributed by atoms with Crippen molar-refractivity contribution in [2.24, 2.45) is 0 Å². The average molecular weight is 993 g/mol. The third-order valence-electron chi connectivity index (χ3n) is 12.4. The number of nitrogens with zero attached hydrogens (tertiary/aromatic N) is 3. The first kappa shape index (κ1) is 50.1. The molecule has 2 aliphatic carbocycles. The predicted molar refractivity (Wildman–Crippen MR) is 265 cm³/mol. The van der Waals surface area contributed by atoms with Crippen molar-refractivity contribution in [3.05, 3.63) is 138 Å². The number of nitrogens with one attached hydrogen (secondary N) is 1. The Bertz CT molecular complexity index is 2520. The summed E-state index contributed by atoms with van der Waals surface area (Å²) in [4.78, 5) is 46.8. The molecule has 2 heterocycles. The standard InChI is InChI=1S/C29H34Cl2N2O4.C23H24Cl2N2O3/c1-5-24-25(27(35)33(20-11-12-20)17-19-7-6-8-23(30)26(19)31)22(18-9-13-21(34)14-10-18)15-16-32(24)28(36)37-29(2,3)4;24-19-3-1-2-15(22(19)25)12-27(16-6-7-16)23(30)21-18(10-11-26-20(21)13-28)14-4-8-17(29)9-5-14/h6-10,13-14,20,24,34H,5,11-12,15-17H2,1-4H3;1-5,8-9,16,20,26,28-29H,6-7,10-13H2/t24-;20-/m11/s1. The van der Waals surface area contributed by atoms with Crippen molar-refractivity contribution in [2.45, 2.75) is 115 Å². The highest BCUT2D eigenvalue weighted by Crippen LogP contribution is 2.40. The molecule has 67 heavy (non-hydrogen) atoms. The number of ether oxygens (including phenoxy) is 1. The Morgan fingerprint density at radius 2 is 1.16 bits per heavy atom. The summed E-state index contributed by atoms with van der Waals surface area (Å²) in [6.07, 6.45) is 5.02. The quantitative estimate of drug-likeness (QED) is 0.110. The van der Waals surface area contributed by atoms with Crippen molar-refractivity contribution in [3.8, 4) is 11.5 Å². The maximum absolute atomic E-state index is 14.4. The van der Waals surface area contributed by atoms with Gasteiger partial charge in [-0.05, 0) is 142 Å². The number of aliphatic hydroxyl groups excluding tert-OH is 1. The molecule has 0 unspecified atom stereocenters. The third kappa shape index (κ3) is 12.1. The van der Waals surface area contributed by atoms with Crippen molar-refractivity contribution in [2.75, 3.05) is 19.7 Å². The normalized spacial score (nSPS) is 18.6. The lowest BCUT2D eigenvalue weighted by Gasteiger charge is -2.40. The molecule has 0 saturated heterocycles. The number of hydrogen-bond donors (Lipinski definition) is 4. The van der Waals surface area contributed by atoms with Gasteiger partial charge in [0.1, 0.15) is 17.1 Å². The molecule has 0 aromatic heterocycles. The monoisotopic (exact) mass is 990 g/mol. The van der Waals surface area contributed by atoms with Gasteiger partial charge >= 0.3 is 6.09 Å². The molecule has 4 N–H and O–H groups in total. The van der Waals surface area contributed by atoms with Crippen LogP contribution in [0.2, 0.25) is 20.1 Å². The molecule has 3 amide bonds. The van der Waals surface area contributed by atoms with Crippen LogP contribution in [0.5, 0.6) is 11.5 Å². The number of halogens is 4. The van der Waals surface area contributed by atoms with Crippen molar-refractivity contribution in [3.63, 3.8) is 0 Å². The van der Waals surface area contributed by atoms with Crippen LogP contribution in [0.25, 0.3) is 11.1 Å². The van der Waals surface area contributed by atoms with Gasteiger partial charge in [-0.25, -0.2) is 4.79 Å². The minimum absolute atomic E-state index is 0.0946. The molecule has 2 fully saturated rings. The number of benzene rings is 4. The van der Waals surface area contributed by atoms with Gasteiger partial charge in [-0.3, -0.25) is 9.59 Å². The van der Waals surface area contributed by atoms with Gasteiger partial charge in [0, 0.05) is 42.9 Å². The summed E-state index contributed by atoms with van der Waals surface area (Å²) in [5, 5.41) is 34.6. The highest BCUT2D eigenvalue weighted by molar-refractivity contribution is 6.43. The fourth-order valence-electron chi connectivity index (χ4n) is 8.82. The zero-order chi connectivity index (χ0) is 48.2. The van der Waals surface area contributed by atoms with Gasteiger partial charge in [-0.2, -0.15) is 0 Å². The fraction of sp³-hybridized carbons (Fsp3) is 0.404. The third-order valence-corrected chi connectivity index (χ3v) is 14.1. The molecule has 4 aromatic rings. The maximum Gasteiger partial charge on any atom is 0.410 e. The van der Waals surface area contributed by atoms with E-state index in [1.807, 2.05) is 86.0 Å². The molecule has 2 atom stereocenters. The molecule has 4 aromatic carbocycles. The van der Waals surface area contributed by atoms with E-state index < -0.39 is 23.8 Å². The summed E-state index contributed by atoms with van der Waals surface area (Å²) in [6, 6.07) is 24.0. The smallest absolute Gasteiger partial charge is 0.410 e. The van der Waals surface area contributed by atoms with Crippen LogP contribution in [-0.4, -0.2) is 97.4 Å². The second-order valence-corrected chi connectivity index (χ2v) is 20.0. The molecule has 15 heteroatoms. The Morgan fingerprint density at radius 1 is 0.701 bits per heavy atom. The summed E-state index contributed by atoms with van der Waals surface area (Å²) < 4.78 is 5.71. The lowest BCUT2D eigenvalue weighted by Crippen LogP contribution is -2.50. The van der Waals surface area contributed by atoms with Gasteiger partial charge in [0.05, 0.1) is 38.8 Å². The molecule has 2 aliphatic heterocycles. The number of carbonyl (C=O) groups is 3. The molecule has 0 spiro atoms. The van der Waals surface area contributed by atoms with E-state index in [4.69, 9.17) is 51.1 Å². The van der Waals surface area contributed by atoms with E-state index >= 15 is 0 Å². The highest BCUT2D eigenvalue weighted by Gasteiger charge is 2.43. The van der Waals surface area contributed by atoms with E-state index in [2.05, 4.69) is 5.32 Å². The van der Waals surface area contributed by atoms with E-state index in [1.165, 1.54) is 0 Å². The fourth-order valence-corrected chi connectivity index (χ4v) is 9.58. The Labute approximate surface area is 412 Å². The Hall–Kier alpha value is -4.75. The maximum atomic E-state index is 14.4. The van der Waals surface area contributed by atoms with Crippen LogP contribution in [0.15, 0.2) is 96.1 Å². The van der Waals surface area contributed by atoms with Gasteiger partial charge in [-0.1, -0.05) is 102 Å². The topological polar surface area (TPSA) is 143 Å². The predicted octanol–water partition coefficient (Wildman–Crippen LogP) is 11.1. The first-order chi connectivity index (χ1) is 32.0. The van der Waals surface area contributed by atoms with Crippen LogP contribution in [0.3, 0.4) is 0 Å². The summed E-state index contributed by atoms with van der Waals surface area (Å²) >= 11 is 25.3. The van der Waals surface area contributed by atoms with Crippen LogP contribution in [0.1, 0.15) is 94.9 Å². The number of phenolic OH excluding ortho intramolecular Hbond substituents is 2. The zero-order valence-electron chi connectivity index (χ0n) is 38.2. The van der Waals surface area contributed by atoms with Crippen molar-refractivity contribution < 1.29 is 34.4 Å². The van der Waals surface area contributed by atoms with Gasteiger partial charge in [0.2, 0.25) is 0 Å². The summed E-state index contributed by atoms with van der Waals surface area (Å²) in [5.74, 6) is 0.130. The van der Waals surface area contributed by atoms with Crippen LogP contribution < -0.4 is 5.32 Å². The van der Waals surface area contributed by atoms with Crippen LogP contribution in [-0.2, 0) is 27.4 Å². The van der Waals surface area contributed by atoms with Crippen LogP contribution >= 0.6 is 46.4 Å². The number of aliphatic hydroxyl groups is 1. The number of hydrogen-bond acceptors (Lipinski definition) is 8. The Kier molecular flexibility index (Phi) is 16.2. The van der Waals surface area contributed by atoms with Gasteiger partial charge in [0.15, 0.2) is 0 Å². The number of aromatic hydroxyl groups is 2. The van der Waals surface area contributed by atoms with Crippen molar-refractivity contribution in [1.29, 1.82) is 0 Å². The lowest BCUT2D eigenvalue weighted by atomic mass is 9.86. The van der Waals surface area contributed by atoms with E-state index in [9.17, 15) is 29.7 Å². The minimum Gasteiger partial charge on any atom is -0.508 e. The molecular weight excluding hydrogens is 934 g/mol. The summed E-state index contributed by atoms with van der Waals surface area (Å²) in [7, 11) is 0. The number of amides is 3. The van der Waals surface area contributed by atoms with Gasteiger partial charge in [-0.15, -0.1) is 0 Å². The molecular formula is C52H58Cl4N4O7. The number of phenols is 2. The van der Waals surface area contributed by atoms with Crippen LogP contribution in [0, 0.1) is 0 Å². The first-order valence-electron chi connectivity index (χ1n) is 22.9. The van der Waals surface area contributed by atoms with Crippen LogP contribution in [0.4, 0.5) is 4.79 Å². The molecule has 11 nitrogen and oxygen atoms in total. The minimum atomic E-state index is -0.649. The van der Waals surface area contributed by atoms with E-state index in [0.29, 0.717) is 76.7 Å². The number of carbonyl (C=O) groups excluding carboxylic acids is 3. The molecule has 8 rings (SSSR count). The molecule has 0 radical (unpaired) electrons. The first-order valence-corrected chi connectivity index (χ1v) is 24.4. The van der Waals surface area contributed by atoms with Crippen molar-refractivity contribution >= 4 is 75.5 Å². The largest absolute Gasteiger partial charge is 0.508 e. The SMILES string of the molecule is CC[C@@H]1C(C(=O)N(Cc2cccc(Cl)c2Cl)C2CC2)=C(c2ccc(O)cc2)CCN1C(=O)OC(C)(C)C.O=C(C1=C(c2ccc(O)cc2)CCN[C@@H]1CO)N(Cc1cccc(Cl)c1Cl)C1CC1. The summed E-state index contributed by atoms with van der Waals surface area (Å²) in [5.41, 5.74) is 5.65. The van der Waals surface area contributed by atoms with Crippen molar-refractivity contribution in [1.82, 2.24) is 20.0 Å². The average Bonchev–Trinajstić information content (AvgIpc) is 4.25. The summed E-state index contributed by atoms with van der Waals surface area (Å²) in [6.45, 7) is 9.12. The number of rotatable bonds is 12. The van der Waals surface area contributed by atoms with E-state index in [-0.39, 0.29) is 42.0 Å². The van der Waals surface area contributed by atoms with Gasteiger partial charge in [0.25, 0.3) is 11.8 Å². The van der Waals surface area contributed by atoms with E-state index in [1.54, 1.807) is 41.3 Å². The highest BCUT2D eigenvalue weighted by atomic mass is 35.5. The van der Waals surface area contributed by atoms with E-state index in [0.717, 1.165) is 59.1 Å². The van der Waals surface area contributed by atoms with Gasteiger partial charge < -0.3 is 40.1 Å². The Balaban J connectivity index is 0.000000203. The molecule has 4 aliphatic rings. The lowest BCUT2D eigenvalue weighted by molar-refractivity contribution is -0.129. The second-order valence-electron chi connectivity index (χ2n) is 18.4. The second kappa shape index (κ2) is 21.7.